The minimum atomic E-state index is -0.835. The number of hydrogen-bond donors (Lipinski definition) is 2. The van der Waals surface area contributed by atoms with Gasteiger partial charge in [0.15, 0.2) is 5.52 Å². The first-order chi connectivity index (χ1) is 17.2. The molecule has 2 aromatic carbocycles. The number of para-hydroxylation sites is 2. The highest BCUT2D eigenvalue weighted by Crippen LogP contribution is 2.35. The van der Waals surface area contributed by atoms with Crippen LogP contribution in [0.2, 0.25) is 0 Å². The van der Waals surface area contributed by atoms with Gasteiger partial charge < -0.3 is 19.7 Å². The monoisotopic (exact) mass is 488 g/mol. The van der Waals surface area contributed by atoms with Gasteiger partial charge in [-0.2, -0.15) is 5.10 Å². The number of aromatic amines is 1. The molecular weight excluding hydrogens is 456 g/mol. The molecule has 2 N–H and O–H groups in total. The van der Waals surface area contributed by atoms with E-state index in [4.69, 9.17) is 4.74 Å². The van der Waals surface area contributed by atoms with E-state index in [1.807, 2.05) is 75.4 Å². The minimum Gasteiger partial charge on any atom is -0.444 e. The van der Waals surface area contributed by atoms with Crippen molar-refractivity contribution in [1.29, 1.82) is 0 Å². The lowest BCUT2D eigenvalue weighted by Gasteiger charge is -2.34. The van der Waals surface area contributed by atoms with E-state index in [1.165, 1.54) is 0 Å². The SMILES string of the molecule is CC(C)(C)OC(=O)N1CCC(CC(O)c2c3c(nn2-c2ccccc2)c(=O)[nH]c2ccccc23)CC1. The number of hydrogen-bond acceptors (Lipinski definition) is 5. The van der Waals surface area contributed by atoms with Gasteiger partial charge in [0, 0.05) is 29.4 Å². The van der Waals surface area contributed by atoms with Crippen LogP contribution in [0.15, 0.2) is 59.4 Å². The van der Waals surface area contributed by atoms with Crippen LogP contribution in [0.3, 0.4) is 0 Å². The van der Waals surface area contributed by atoms with Gasteiger partial charge in [-0.15, -0.1) is 0 Å². The lowest BCUT2D eigenvalue weighted by atomic mass is 9.89. The predicted molar refractivity (Wildman–Crippen MR) is 139 cm³/mol. The van der Waals surface area contributed by atoms with Crippen molar-refractivity contribution in [3.05, 3.63) is 70.6 Å². The van der Waals surface area contributed by atoms with E-state index in [0.717, 1.165) is 23.9 Å². The van der Waals surface area contributed by atoms with Crippen molar-refractivity contribution in [2.24, 2.45) is 5.92 Å². The molecular formula is C28H32N4O4. The quantitative estimate of drug-likeness (QED) is 0.424. The van der Waals surface area contributed by atoms with Gasteiger partial charge >= 0.3 is 6.09 Å². The highest BCUT2D eigenvalue weighted by Gasteiger charge is 2.30. The number of ether oxygens (including phenoxy) is 1. The van der Waals surface area contributed by atoms with Gasteiger partial charge in [0.2, 0.25) is 0 Å². The summed E-state index contributed by atoms with van der Waals surface area (Å²) >= 11 is 0. The third-order valence-corrected chi connectivity index (χ3v) is 6.72. The van der Waals surface area contributed by atoms with Gasteiger partial charge in [-0.05, 0) is 64.2 Å². The third kappa shape index (κ3) is 4.73. The fraction of sp³-hybridized carbons (Fsp3) is 0.393. The smallest absolute Gasteiger partial charge is 0.410 e. The third-order valence-electron chi connectivity index (χ3n) is 6.72. The Kier molecular flexibility index (Phi) is 6.30. The Morgan fingerprint density at radius 3 is 2.47 bits per heavy atom. The molecule has 36 heavy (non-hydrogen) atoms. The summed E-state index contributed by atoms with van der Waals surface area (Å²) in [6.45, 7) is 6.77. The molecule has 0 radical (unpaired) electrons. The van der Waals surface area contributed by atoms with Gasteiger partial charge in [-0.1, -0.05) is 36.4 Å². The number of aliphatic hydroxyl groups is 1. The minimum absolute atomic E-state index is 0.223. The molecule has 2 aromatic heterocycles. The Labute approximate surface area is 209 Å². The maximum atomic E-state index is 12.9. The molecule has 4 aromatic rings. The molecule has 0 aliphatic carbocycles. The van der Waals surface area contributed by atoms with Crippen LogP contribution in [0.4, 0.5) is 4.79 Å². The summed E-state index contributed by atoms with van der Waals surface area (Å²) in [6.07, 6.45) is 0.930. The first-order valence-electron chi connectivity index (χ1n) is 12.5. The maximum absolute atomic E-state index is 12.9. The van der Waals surface area contributed by atoms with E-state index in [-0.39, 0.29) is 17.6 Å². The number of rotatable bonds is 4. The Hall–Kier alpha value is -3.65. The summed E-state index contributed by atoms with van der Waals surface area (Å²) in [4.78, 5) is 30.0. The zero-order valence-electron chi connectivity index (χ0n) is 20.9. The van der Waals surface area contributed by atoms with Crippen LogP contribution in [0, 0.1) is 5.92 Å². The molecule has 1 unspecified atom stereocenters. The normalized spacial score (nSPS) is 15.9. The van der Waals surface area contributed by atoms with Crippen LogP contribution in [0.25, 0.3) is 27.5 Å². The second-order valence-corrected chi connectivity index (χ2v) is 10.5. The Bertz CT molecular complexity index is 1440. The summed E-state index contributed by atoms with van der Waals surface area (Å²) < 4.78 is 7.21. The summed E-state index contributed by atoms with van der Waals surface area (Å²) in [5.41, 5.74) is 1.62. The second-order valence-electron chi connectivity index (χ2n) is 10.5. The Morgan fingerprint density at radius 1 is 1.11 bits per heavy atom. The van der Waals surface area contributed by atoms with Crippen molar-refractivity contribution in [3.8, 4) is 5.69 Å². The van der Waals surface area contributed by atoms with Crippen molar-refractivity contribution >= 4 is 27.9 Å². The molecule has 1 saturated heterocycles. The van der Waals surface area contributed by atoms with Crippen LogP contribution in [0.1, 0.15) is 51.8 Å². The van der Waals surface area contributed by atoms with E-state index in [0.29, 0.717) is 41.6 Å². The van der Waals surface area contributed by atoms with E-state index < -0.39 is 11.7 Å². The molecule has 1 fully saturated rings. The Balaban J connectivity index is 1.47. The maximum Gasteiger partial charge on any atom is 0.410 e. The zero-order chi connectivity index (χ0) is 25.4. The number of aromatic nitrogens is 3. The number of amides is 1. The second kappa shape index (κ2) is 9.43. The first kappa shape index (κ1) is 24.1. The number of carbonyl (C=O) groups is 1. The van der Waals surface area contributed by atoms with Crippen LogP contribution < -0.4 is 5.56 Å². The van der Waals surface area contributed by atoms with Crippen LogP contribution in [0.5, 0.6) is 0 Å². The molecule has 1 atom stereocenters. The van der Waals surface area contributed by atoms with E-state index in [9.17, 15) is 14.7 Å². The highest BCUT2D eigenvalue weighted by atomic mass is 16.6. The number of aliphatic hydroxyl groups excluding tert-OH is 1. The highest BCUT2D eigenvalue weighted by molar-refractivity contribution is 6.05. The number of likely N-dealkylation sites (tertiary alicyclic amines) is 1. The van der Waals surface area contributed by atoms with Crippen LogP contribution >= 0.6 is 0 Å². The zero-order valence-corrected chi connectivity index (χ0v) is 20.9. The molecule has 1 amide bonds. The summed E-state index contributed by atoms with van der Waals surface area (Å²) in [5.74, 6) is 0.223. The number of benzene rings is 2. The molecule has 5 rings (SSSR count). The number of nitrogens with zero attached hydrogens (tertiary/aromatic N) is 3. The van der Waals surface area contributed by atoms with Crippen molar-refractivity contribution in [2.45, 2.75) is 51.7 Å². The number of pyridine rings is 1. The van der Waals surface area contributed by atoms with Gasteiger partial charge in [0.1, 0.15) is 5.60 Å². The molecule has 8 nitrogen and oxygen atoms in total. The van der Waals surface area contributed by atoms with Crippen molar-refractivity contribution < 1.29 is 14.6 Å². The summed E-state index contributed by atoms with van der Waals surface area (Å²) in [7, 11) is 0. The predicted octanol–water partition coefficient (Wildman–Crippen LogP) is 4.94. The topological polar surface area (TPSA) is 100 Å². The average molecular weight is 489 g/mol. The Morgan fingerprint density at radius 2 is 1.78 bits per heavy atom. The molecule has 3 heterocycles. The summed E-state index contributed by atoms with van der Waals surface area (Å²) in [5, 5.41) is 17.8. The van der Waals surface area contributed by atoms with Crippen LogP contribution in [-0.2, 0) is 4.74 Å². The number of fused-ring (bicyclic) bond motifs is 3. The first-order valence-corrected chi connectivity index (χ1v) is 12.5. The fourth-order valence-corrected chi connectivity index (χ4v) is 5.03. The lowest BCUT2D eigenvalue weighted by molar-refractivity contribution is 0.0160. The number of piperidine rings is 1. The molecule has 0 spiro atoms. The fourth-order valence-electron chi connectivity index (χ4n) is 5.03. The molecule has 8 heteroatoms. The summed E-state index contributed by atoms with van der Waals surface area (Å²) in [6, 6.07) is 17.2. The average Bonchev–Trinajstić information content (AvgIpc) is 3.26. The van der Waals surface area contributed by atoms with Crippen molar-refractivity contribution in [3.63, 3.8) is 0 Å². The molecule has 188 valence electrons. The standard InChI is InChI=1S/C28H32N4O4/c1-28(2,3)36-27(35)31-15-13-18(14-16-31)17-22(33)25-23-20-11-7-8-12-21(20)29-26(34)24(23)30-32(25)19-9-5-4-6-10-19/h4-12,18,22,33H,13-17H2,1-3H3,(H,29,34). The molecule has 1 aliphatic rings. The number of carbonyl (C=O) groups excluding carboxylic acids is 1. The van der Waals surface area contributed by atoms with Crippen molar-refractivity contribution in [1.82, 2.24) is 19.7 Å². The molecule has 1 aliphatic heterocycles. The lowest BCUT2D eigenvalue weighted by Crippen LogP contribution is -2.41. The van der Waals surface area contributed by atoms with E-state index in [1.54, 1.807) is 9.58 Å². The number of H-pyrrole nitrogens is 1. The van der Waals surface area contributed by atoms with Gasteiger partial charge in [0.05, 0.1) is 17.5 Å². The van der Waals surface area contributed by atoms with E-state index in [2.05, 4.69) is 10.1 Å². The van der Waals surface area contributed by atoms with Crippen LogP contribution in [-0.4, -0.2) is 49.6 Å². The van der Waals surface area contributed by atoms with Gasteiger partial charge in [-0.25, -0.2) is 9.48 Å². The molecule has 0 bridgehead atoms. The van der Waals surface area contributed by atoms with Gasteiger partial charge in [-0.3, -0.25) is 4.79 Å². The number of nitrogens with one attached hydrogen (secondary N) is 1. The molecule has 0 saturated carbocycles. The van der Waals surface area contributed by atoms with E-state index >= 15 is 0 Å². The largest absolute Gasteiger partial charge is 0.444 e. The van der Waals surface area contributed by atoms with Crippen molar-refractivity contribution in [2.75, 3.05) is 13.1 Å². The van der Waals surface area contributed by atoms with Gasteiger partial charge in [0.25, 0.3) is 5.56 Å².